The number of nitrogens with zero attached hydrogens (tertiary/aromatic N) is 2. The summed E-state index contributed by atoms with van der Waals surface area (Å²) in [7, 11) is 2.06. The number of amides is 1. The van der Waals surface area contributed by atoms with Crippen LogP contribution in [0.15, 0.2) is 12.1 Å². The van der Waals surface area contributed by atoms with Crippen LogP contribution >= 0.6 is 23.2 Å². The molecule has 110 valence electrons. The molecule has 20 heavy (non-hydrogen) atoms. The molecule has 0 saturated carbocycles. The second-order valence-corrected chi connectivity index (χ2v) is 6.11. The largest absolute Gasteiger partial charge is 0.399 e. The van der Waals surface area contributed by atoms with Crippen molar-refractivity contribution in [3.63, 3.8) is 0 Å². The van der Waals surface area contributed by atoms with Crippen LogP contribution < -0.4 is 5.73 Å². The lowest BCUT2D eigenvalue weighted by Gasteiger charge is -2.28. The number of carbonyl (C=O) groups is 1. The number of rotatable bonds is 1. The summed E-state index contributed by atoms with van der Waals surface area (Å²) < 4.78 is 0. The molecule has 1 amide bonds. The Labute approximate surface area is 129 Å². The summed E-state index contributed by atoms with van der Waals surface area (Å²) in [5.41, 5.74) is 6.59. The Morgan fingerprint density at radius 2 is 2.05 bits per heavy atom. The smallest absolute Gasteiger partial charge is 0.255 e. The van der Waals surface area contributed by atoms with E-state index in [1.54, 1.807) is 12.1 Å². The average Bonchev–Trinajstić information content (AvgIpc) is 2.53. The third kappa shape index (κ3) is 3.19. The van der Waals surface area contributed by atoms with Crippen LogP contribution in [0.5, 0.6) is 0 Å². The summed E-state index contributed by atoms with van der Waals surface area (Å²) in [5, 5.41) is 0.588. The first kappa shape index (κ1) is 15.4. The fourth-order valence-electron chi connectivity index (χ4n) is 2.59. The van der Waals surface area contributed by atoms with Crippen molar-refractivity contribution in [1.82, 2.24) is 9.80 Å². The lowest BCUT2D eigenvalue weighted by Crippen LogP contribution is -2.42. The normalized spacial score (nSPS) is 20.8. The van der Waals surface area contributed by atoms with Gasteiger partial charge >= 0.3 is 0 Å². The number of nitrogens with two attached hydrogens (primary N) is 1. The Kier molecular flexibility index (Phi) is 4.78. The molecule has 0 aliphatic carbocycles. The molecule has 1 aliphatic heterocycles. The van der Waals surface area contributed by atoms with Gasteiger partial charge in [0.25, 0.3) is 5.91 Å². The number of halogens is 2. The zero-order chi connectivity index (χ0) is 14.9. The SMILES string of the molecule is CC1CN(C)CCCN1C(=O)c1cc(N)cc(Cl)c1Cl. The fraction of sp³-hybridized carbons (Fsp3) is 0.500. The van der Waals surface area contributed by atoms with Gasteiger partial charge in [-0.3, -0.25) is 4.79 Å². The molecule has 1 aromatic carbocycles. The predicted molar refractivity (Wildman–Crippen MR) is 83.5 cm³/mol. The third-order valence-corrected chi connectivity index (χ3v) is 4.39. The molecule has 1 unspecified atom stereocenters. The van der Waals surface area contributed by atoms with E-state index < -0.39 is 0 Å². The van der Waals surface area contributed by atoms with E-state index in [1.165, 1.54) is 0 Å². The molecule has 2 N–H and O–H groups in total. The van der Waals surface area contributed by atoms with Gasteiger partial charge in [-0.05, 0) is 39.1 Å². The van der Waals surface area contributed by atoms with E-state index in [-0.39, 0.29) is 17.0 Å². The van der Waals surface area contributed by atoms with Crippen molar-refractivity contribution in [3.8, 4) is 0 Å². The summed E-state index contributed by atoms with van der Waals surface area (Å²) in [6, 6.07) is 3.28. The van der Waals surface area contributed by atoms with E-state index in [2.05, 4.69) is 11.9 Å². The van der Waals surface area contributed by atoms with Gasteiger partial charge in [0.2, 0.25) is 0 Å². The van der Waals surface area contributed by atoms with E-state index in [1.807, 2.05) is 11.8 Å². The molecule has 0 bridgehead atoms. The zero-order valence-electron chi connectivity index (χ0n) is 11.7. The molecular formula is C14H19Cl2N3O. The Bertz CT molecular complexity index is 521. The molecule has 0 aromatic heterocycles. The first-order valence-corrected chi connectivity index (χ1v) is 7.39. The van der Waals surface area contributed by atoms with E-state index >= 15 is 0 Å². The molecule has 2 rings (SSSR count). The maximum absolute atomic E-state index is 12.7. The number of carbonyl (C=O) groups excluding carboxylic acids is 1. The van der Waals surface area contributed by atoms with Gasteiger partial charge in [0.1, 0.15) is 0 Å². The number of hydrogen-bond acceptors (Lipinski definition) is 3. The molecule has 4 nitrogen and oxygen atoms in total. The van der Waals surface area contributed by atoms with Gasteiger partial charge < -0.3 is 15.5 Å². The molecule has 1 aromatic rings. The van der Waals surface area contributed by atoms with Crippen LogP contribution in [-0.4, -0.2) is 48.4 Å². The van der Waals surface area contributed by atoms with Gasteiger partial charge in [-0.2, -0.15) is 0 Å². The van der Waals surface area contributed by atoms with Crippen LogP contribution in [0.25, 0.3) is 0 Å². The highest BCUT2D eigenvalue weighted by Gasteiger charge is 2.27. The van der Waals surface area contributed by atoms with Crippen LogP contribution in [-0.2, 0) is 0 Å². The van der Waals surface area contributed by atoms with Crippen LogP contribution in [0.3, 0.4) is 0 Å². The van der Waals surface area contributed by atoms with Crippen LogP contribution in [0.1, 0.15) is 23.7 Å². The lowest BCUT2D eigenvalue weighted by atomic mass is 10.1. The van der Waals surface area contributed by atoms with Gasteiger partial charge in [0.05, 0.1) is 15.6 Å². The minimum Gasteiger partial charge on any atom is -0.399 e. The Balaban J connectivity index is 2.31. The average molecular weight is 316 g/mol. The third-order valence-electron chi connectivity index (χ3n) is 3.59. The van der Waals surface area contributed by atoms with Crippen molar-refractivity contribution < 1.29 is 4.79 Å². The van der Waals surface area contributed by atoms with Gasteiger partial charge in [-0.1, -0.05) is 23.2 Å². The summed E-state index contributed by atoms with van der Waals surface area (Å²) in [4.78, 5) is 16.8. The van der Waals surface area contributed by atoms with E-state index in [9.17, 15) is 4.79 Å². The zero-order valence-corrected chi connectivity index (χ0v) is 13.2. The molecule has 1 aliphatic rings. The van der Waals surface area contributed by atoms with Gasteiger partial charge in [-0.15, -0.1) is 0 Å². The van der Waals surface area contributed by atoms with E-state index in [0.29, 0.717) is 22.8 Å². The van der Waals surface area contributed by atoms with Crippen molar-refractivity contribution in [2.24, 2.45) is 0 Å². The van der Waals surface area contributed by atoms with Crippen molar-refractivity contribution in [1.29, 1.82) is 0 Å². The molecule has 0 radical (unpaired) electrons. The highest BCUT2D eigenvalue weighted by atomic mass is 35.5. The molecule has 1 fully saturated rings. The molecule has 1 heterocycles. The second kappa shape index (κ2) is 6.20. The van der Waals surface area contributed by atoms with Crippen molar-refractivity contribution >= 4 is 34.8 Å². The van der Waals surface area contributed by atoms with Crippen molar-refractivity contribution in [2.45, 2.75) is 19.4 Å². The minimum atomic E-state index is -0.105. The Morgan fingerprint density at radius 1 is 1.35 bits per heavy atom. The fourth-order valence-corrected chi connectivity index (χ4v) is 3.01. The Morgan fingerprint density at radius 3 is 2.75 bits per heavy atom. The lowest BCUT2D eigenvalue weighted by molar-refractivity contribution is 0.0697. The van der Waals surface area contributed by atoms with Crippen LogP contribution in [0.2, 0.25) is 10.0 Å². The number of benzene rings is 1. The van der Waals surface area contributed by atoms with Crippen molar-refractivity contribution in [2.75, 3.05) is 32.4 Å². The van der Waals surface area contributed by atoms with E-state index in [4.69, 9.17) is 28.9 Å². The summed E-state index contributed by atoms with van der Waals surface area (Å²) in [6.45, 7) is 4.59. The van der Waals surface area contributed by atoms with Crippen LogP contribution in [0, 0.1) is 0 Å². The summed E-state index contributed by atoms with van der Waals surface area (Å²) in [6.07, 6.45) is 0.945. The first-order valence-electron chi connectivity index (χ1n) is 6.64. The molecule has 0 spiro atoms. The summed E-state index contributed by atoms with van der Waals surface area (Å²) in [5.74, 6) is -0.105. The highest BCUT2D eigenvalue weighted by molar-refractivity contribution is 6.44. The molecule has 1 atom stereocenters. The van der Waals surface area contributed by atoms with Crippen molar-refractivity contribution in [3.05, 3.63) is 27.7 Å². The number of hydrogen-bond donors (Lipinski definition) is 1. The minimum absolute atomic E-state index is 0.105. The monoisotopic (exact) mass is 315 g/mol. The second-order valence-electron chi connectivity index (χ2n) is 5.33. The van der Waals surface area contributed by atoms with Crippen LogP contribution in [0.4, 0.5) is 5.69 Å². The molecular weight excluding hydrogens is 297 g/mol. The number of likely N-dealkylation sites (N-methyl/N-ethyl adjacent to an activating group) is 1. The Hall–Kier alpha value is -0.970. The molecule has 1 saturated heterocycles. The number of anilines is 1. The first-order chi connectivity index (χ1) is 9.40. The summed E-state index contributed by atoms with van der Waals surface area (Å²) >= 11 is 12.2. The van der Waals surface area contributed by atoms with Gasteiger partial charge in [0.15, 0.2) is 0 Å². The van der Waals surface area contributed by atoms with E-state index in [0.717, 1.165) is 19.5 Å². The topological polar surface area (TPSA) is 49.6 Å². The van der Waals surface area contributed by atoms with Gasteiger partial charge in [0, 0.05) is 24.8 Å². The van der Waals surface area contributed by atoms with Gasteiger partial charge in [-0.25, -0.2) is 0 Å². The molecule has 6 heteroatoms. The maximum Gasteiger partial charge on any atom is 0.255 e. The number of nitrogen functional groups attached to an aromatic ring is 1. The predicted octanol–water partition coefficient (Wildman–Crippen LogP) is 2.74. The highest BCUT2D eigenvalue weighted by Crippen LogP contribution is 2.30. The maximum atomic E-state index is 12.7. The quantitative estimate of drug-likeness (QED) is 0.811. The standard InChI is InChI=1S/C14H19Cl2N3O/c1-9-8-18(2)4-3-5-19(9)14(20)11-6-10(17)7-12(15)13(11)16/h6-7,9H,3-5,8,17H2,1-2H3.